The van der Waals surface area contributed by atoms with Gasteiger partial charge in [0, 0.05) is 5.56 Å². The number of aromatic nitrogens is 1. The first-order chi connectivity index (χ1) is 17.4. The number of ketones is 1. The topological polar surface area (TPSA) is 109 Å². The third-order valence-corrected chi connectivity index (χ3v) is 6.88. The molecule has 182 valence electrons. The summed E-state index contributed by atoms with van der Waals surface area (Å²) in [4.78, 5) is 32.6. The molecule has 2 N–H and O–H groups in total. The molecule has 0 spiro atoms. The summed E-state index contributed by atoms with van der Waals surface area (Å²) in [5.74, 6) is -0.759. The summed E-state index contributed by atoms with van der Waals surface area (Å²) in [7, 11) is 1.50. The number of methoxy groups -OCH3 is 1. The maximum atomic E-state index is 13.4. The van der Waals surface area contributed by atoms with E-state index in [9.17, 15) is 19.8 Å². The van der Waals surface area contributed by atoms with Crippen LogP contribution < -0.4 is 14.4 Å². The third-order valence-electron chi connectivity index (χ3n) is 5.86. The Labute approximate surface area is 210 Å². The fourth-order valence-electron chi connectivity index (χ4n) is 4.18. The van der Waals surface area contributed by atoms with Crippen LogP contribution in [0.4, 0.5) is 5.13 Å². The molecular weight excluding hydrogens is 480 g/mol. The highest BCUT2D eigenvalue weighted by Gasteiger charge is 2.48. The Morgan fingerprint density at radius 1 is 1.06 bits per heavy atom. The molecule has 1 unspecified atom stereocenters. The quantitative estimate of drug-likeness (QED) is 0.216. The Morgan fingerprint density at radius 3 is 2.56 bits per heavy atom. The van der Waals surface area contributed by atoms with Crippen LogP contribution in [-0.4, -0.2) is 40.6 Å². The molecule has 5 rings (SSSR count). The highest BCUT2D eigenvalue weighted by atomic mass is 32.1. The lowest BCUT2D eigenvalue weighted by Gasteiger charge is -2.23. The molecule has 1 aliphatic rings. The number of carbonyl (C=O) groups is 2. The van der Waals surface area contributed by atoms with Crippen LogP contribution in [0.5, 0.6) is 17.2 Å². The van der Waals surface area contributed by atoms with Crippen LogP contribution in [0.25, 0.3) is 16.0 Å². The van der Waals surface area contributed by atoms with Gasteiger partial charge in [-0.3, -0.25) is 14.5 Å². The van der Waals surface area contributed by atoms with Crippen LogP contribution in [-0.2, 0) is 9.59 Å². The van der Waals surface area contributed by atoms with Gasteiger partial charge in [-0.15, -0.1) is 0 Å². The van der Waals surface area contributed by atoms with Crippen molar-refractivity contribution in [3.05, 3.63) is 83.4 Å². The average molecular weight is 503 g/mol. The highest BCUT2D eigenvalue weighted by molar-refractivity contribution is 7.22. The van der Waals surface area contributed by atoms with Gasteiger partial charge in [0.2, 0.25) is 0 Å². The summed E-state index contributed by atoms with van der Waals surface area (Å²) in [5.41, 5.74) is 1.44. The van der Waals surface area contributed by atoms with Crippen LogP contribution in [0.3, 0.4) is 0 Å². The minimum absolute atomic E-state index is 0.0342. The lowest BCUT2D eigenvalue weighted by molar-refractivity contribution is -0.132. The number of fused-ring (bicyclic) bond motifs is 1. The number of hydrogen-bond acceptors (Lipinski definition) is 8. The van der Waals surface area contributed by atoms with Crippen LogP contribution in [0, 0.1) is 0 Å². The number of carbonyl (C=O) groups excluding carboxylic acids is 2. The second-order valence-corrected chi connectivity index (χ2v) is 9.06. The zero-order chi connectivity index (χ0) is 25.4. The summed E-state index contributed by atoms with van der Waals surface area (Å²) < 4.78 is 11.6. The number of benzene rings is 3. The largest absolute Gasteiger partial charge is 0.508 e. The van der Waals surface area contributed by atoms with Crippen molar-refractivity contribution >= 4 is 44.1 Å². The Bertz CT molecular complexity index is 1510. The van der Waals surface area contributed by atoms with E-state index in [0.717, 1.165) is 4.70 Å². The molecule has 1 aliphatic heterocycles. The second kappa shape index (κ2) is 9.35. The van der Waals surface area contributed by atoms with Crippen molar-refractivity contribution in [1.29, 1.82) is 0 Å². The fourth-order valence-corrected chi connectivity index (χ4v) is 5.20. The van der Waals surface area contributed by atoms with Gasteiger partial charge >= 0.3 is 5.91 Å². The molecule has 4 aromatic rings. The SMILES string of the molecule is CCOc1ccc2nc(N3C(=O)C(=O)/C(=C(/O)c4cccc(OC)c4)C3c3ccc(O)cc3)sc2c1. The zero-order valence-corrected chi connectivity index (χ0v) is 20.3. The van der Waals surface area contributed by atoms with Crippen LogP contribution >= 0.6 is 11.3 Å². The molecular formula is C27H22N2O6S. The van der Waals surface area contributed by atoms with Crippen molar-refractivity contribution in [3.63, 3.8) is 0 Å². The fraction of sp³-hybridized carbons (Fsp3) is 0.148. The standard InChI is InChI=1S/C27H22N2O6S/c1-3-35-19-11-12-20-21(14-19)36-27(28-20)29-23(15-7-9-17(30)10-8-15)22(25(32)26(29)33)24(31)16-5-4-6-18(13-16)34-2/h4-14,23,30-31H,3H2,1-2H3/b24-22+. The molecule has 1 saturated heterocycles. The highest BCUT2D eigenvalue weighted by Crippen LogP contribution is 2.45. The first kappa shape index (κ1) is 23.4. The molecule has 36 heavy (non-hydrogen) atoms. The van der Waals surface area contributed by atoms with Crippen LogP contribution in [0.2, 0.25) is 0 Å². The van der Waals surface area contributed by atoms with E-state index in [0.29, 0.717) is 39.9 Å². The van der Waals surface area contributed by atoms with Crippen molar-refractivity contribution in [3.8, 4) is 17.2 Å². The van der Waals surface area contributed by atoms with Crippen molar-refractivity contribution in [2.24, 2.45) is 0 Å². The minimum atomic E-state index is -0.955. The number of thiazole rings is 1. The van der Waals surface area contributed by atoms with Gasteiger partial charge in [-0.05, 0) is 55.0 Å². The van der Waals surface area contributed by atoms with Gasteiger partial charge < -0.3 is 19.7 Å². The van der Waals surface area contributed by atoms with Crippen molar-refractivity contribution < 1.29 is 29.3 Å². The summed E-state index contributed by atoms with van der Waals surface area (Å²) >= 11 is 1.25. The second-order valence-electron chi connectivity index (χ2n) is 8.05. The van der Waals surface area contributed by atoms with Gasteiger partial charge in [-0.25, -0.2) is 4.98 Å². The molecule has 8 nitrogen and oxygen atoms in total. The van der Waals surface area contributed by atoms with Gasteiger partial charge in [0.1, 0.15) is 23.0 Å². The third kappa shape index (κ3) is 4.03. The van der Waals surface area contributed by atoms with Crippen LogP contribution in [0.15, 0.2) is 72.3 Å². The van der Waals surface area contributed by atoms with Crippen molar-refractivity contribution in [1.82, 2.24) is 4.98 Å². The number of amides is 1. The maximum absolute atomic E-state index is 13.4. The maximum Gasteiger partial charge on any atom is 0.301 e. The predicted octanol–water partition coefficient (Wildman–Crippen LogP) is 5.04. The summed E-state index contributed by atoms with van der Waals surface area (Å²) in [6, 6.07) is 17.2. The first-order valence-corrected chi connectivity index (χ1v) is 12.0. The Balaban J connectivity index is 1.69. The normalized spacial score (nSPS) is 17.1. The molecule has 1 atom stereocenters. The Kier molecular flexibility index (Phi) is 6.07. The number of nitrogens with zero attached hydrogens (tertiary/aromatic N) is 2. The number of Topliss-reactive ketones (excluding diaryl/α,β-unsaturated/α-hetero) is 1. The molecule has 0 radical (unpaired) electrons. The molecule has 0 bridgehead atoms. The van der Waals surface area contributed by atoms with E-state index >= 15 is 0 Å². The van der Waals surface area contributed by atoms with Crippen molar-refractivity contribution in [2.75, 3.05) is 18.6 Å². The van der Waals surface area contributed by atoms with Crippen LogP contribution in [0.1, 0.15) is 24.1 Å². The number of aliphatic hydroxyl groups is 1. The van der Waals surface area contributed by atoms with Gasteiger partial charge in [-0.1, -0.05) is 35.6 Å². The van der Waals surface area contributed by atoms with Gasteiger partial charge in [0.25, 0.3) is 5.78 Å². The molecule has 9 heteroatoms. The van der Waals surface area contributed by atoms with E-state index in [1.807, 2.05) is 13.0 Å². The molecule has 1 fully saturated rings. The summed E-state index contributed by atoms with van der Waals surface area (Å²) in [6.07, 6.45) is 0. The molecule has 1 aromatic heterocycles. The monoisotopic (exact) mass is 502 g/mol. The Hall–Kier alpha value is -4.37. The van der Waals surface area contributed by atoms with E-state index in [4.69, 9.17) is 9.47 Å². The number of ether oxygens (including phenoxy) is 2. The molecule has 1 amide bonds. The molecule has 0 saturated carbocycles. The Morgan fingerprint density at radius 2 is 1.83 bits per heavy atom. The first-order valence-electron chi connectivity index (χ1n) is 11.2. The number of hydrogen-bond donors (Lipinski definition) is 2. The number of anilines is 1. The van der Waals surface area contributed by atoms with Gasteiger partial charge in [0.05, 0.1) is 35.5 Å². The van der Waals surface area contributed by atoms with Gasteiger partial charge in [-0.2, -0.15) is 0 Å². The van der Waals surface area contributed by atoms with E-state index in [-0.39, 0.29) is 17.1 Å². The lowest BCUT2D eigenvalue weighted by Crippen LogP contribution is -2.29. The number of aliphatic hydroxyl groups excluding tert-OH is 1. The van der Waals surface area contributed by atoms with E-state index < -0.39 is 17.7 Å². The van der Waals surface area contributed by atoms with Crippen molar-refractivity contribution in [2.45, 2.75) is 13.0 Å². The van der Waals surface area contributed by atoms with E-state index in [1.54, 1.807) is 48.5 Å². The number of rotatable bonds is 6. The predicted molar refractivity (Wildman–Crippen MR) is 137 cm³/mol. The number of phenols is 1. The zero-order valence-electron chi connectivity index (χ0n) is 19.5. The number of phenolic OH excluding ortho intramolecular Hbond substituents is 1. The minimum Gasteiger partial charge on any atom is -0.508 e. The van der Waals surface area contributed by atoms with E-state index in [2.05, 4.69) is 4.98 Å². The summed E-state index contributed by atoms with van der Waals surface area (Å²) in [6.45, 7) is 2.40. The molecule has 0 aliphatic carbocycles. The molecule has 3 aromatic carbocycles. The summed E-state index contributed by atoms with van der Waals surface area (Å²) in [5, 5.41) is 21.4. The lowest BCUT2D eigenvalue weighted by atomic mass is 9.95. The van der Waals surface area contributed by atoms with Gasteiger partial charge in [0.15, 0.2) is 5.13 Å². The average Bonchev–Trinajstić information content (AvgIpc) is 3.42. The van der Waals surface area contributed by atoms with E-state index in [1.165, 1.54) is 35.5 Å². The smallest absolute Gasteiger partial charge is 0.301 e. The molecule has 2 heterocycles. The number of aromatic hydroxyl groups is 1.